The van der Waals surface area contributed by atoms with Crippen LogP contribution >= 0.6 is 15.9 Å². The summed E-state index contributed by atoms with van der Waals surface area (Å²) >= 11 is 3.10. The van der Waals surface area contributed by atoms with E-state index in [1.54, 1.807) is 6.07 Å². The zero-order valence-electron chi connectivity index (χ0n) is 8.36. The fourth-order valence-corrected chi connectivity index (χ4v) is 2.15. The van der Waals surface area contributed by atoms with Crippen molar-refractivity contribution in [3.05, 3.63) is 42.8 Å². The van der Waals surface area contributed by atoms with E-state index in [2.05, 4.69) is 25.9 Å². The first-order chi connectivity index (χ1) is 7.54. The number of aryl methyl sites for hydroxylation is 1. The van der Waals surface area contributed by atoms with E-state index in [0.717, 1.165) is 0 Å². The van der Waals surface area contributed by atoms with E-state index < -0.39 is 17.1 Å². The number of hydrogen-bond donors (Lipinski definition) is 2. The molecule has 2 aromatic rings. The number of aromatic nitrogens is 2. The molecule has 0 atom stereocenters. The summed E-state index contributed by atoms with van der Waals surface area (Å²) in [4.78, 5) is 26.8. The predicted octanol–water partition coefficient (Wildman–Crippen LogP) is 1.68. The molecule has 2 N–H and O–H groups in total. The van der Waals surface area contributed by atoms with E-state index in [4.69, 9.17) is 0 Å². The third-order valence-electron chi connectivity index (χ3n) is 2.37. The Labute approximate surface area is 97.6 Å². The van der Waals surface area contributed by atoms with E-state index >= 15 is 0 Å². The van der Waals surface area contributed by atoms with Crippen molar-refractivity contribution >= 4 is 26.8 Å². The van der Waals surface area contributed by atoms with E-state index in [0.29, 0.717) is 12.0 Å². The molecule has 84 valence electrons. The van der Waals surface area contributed by atoms with Gasteiger partial charge in [-0.1, -0.05) is 6.92 Å². The average Bonchev–Trinajstić information content (AvgIpc) is 2.24. The number of H-pyrrole nitrogens is 2. The highest BCUT2D eigenvalue weighted by molar-refractivity contribution is 9.10. The predicted molar refractivity (Wildman–Crippen MR) is 62.2 cm³/mol. The van der Waals surface area contributed by atoms with Gasteiger partial charge in [0.2, 0.25) is 0 Å². The molecule has 0 radical (unpaired) electrons. The Kier molecular flexibility index (Phi) is 2.67. The van der Waals surface area contributed by atoms with Crippen LogP contribution in [-0.4, -0.2) is 9.97 Å². The maximum Gasteiger partial charge on any atom is 0.326 e. The van der Waals surface area contributed by atoms with Gasteiger partial charge in [0.15, 0.2) is 5.82 Å². The first-order valence-corrected chi connectivity index (χ1v) is 5.47. The number of aromatic amines is 2. The second-order valence-corrected chi connectivity index (χ2v) is 4.14. The lowest BCUT2D eigenvalue weighted by Crippen LogP contribution is -2.22. The molecular formula is C10H8BrFN2O2. The highest BCUT2D eigenvalue weighted by Crippen LogP contribution is 2.26. The molecule has 6 heteroatoms. The molecule has 0 bridgehead atoms. The monoisotopic (exact) mass is 286 g/mol. The largest absolute Gasteiger partial charge is 0.326 e. The van der Waals surface area contributed by atoms with Crippen molar-refractivity contribution < 1.29 is 4.39 Å². The van der Waals surface area contributed by atoms with E-state index in [9.17, 15) is 14.0 Å². The van der Waals surface area contributed by atoms with Gasteiger partial charge in [-0.15, -0.1) is 0 Å². The normalized spacial score (nSPS) is 10.9. The van der Waals surface area contributed by atoms with Crippen LogP contribution in [0, 0.1) is 5.82 Å². The van der Waals surface area contributed by atoms with Crippen LogP contribution in [-0.2, 0) is 6.42 Å². The van der Waals surface area contributed by atoms with Gasteiger partial charge in [0.1, 0.15) is 0 Å². The van der Waals surface area contributed by atoms with Crippen LogP contribution in [0.4, 0.5) is 4.39 Å². The molecule has 0 spiro atoms. The number of fused-ring (bicyclic) bond motifs is 1. The van der Waals surface area contributed by atoms with E-state index in [-0.39, 0.29) is 15.4 Å². The molecule has 0 fully saturated rings. The molecule has 0 aliphatic heterocycles. The average molecular weight is 287 g/mol. The van der Waals surface area contributed by atoms with Crippen LogP contribution in [0.1, 0.15) is 12.5 Å². The Morgan fingerprint density at radius 2 is 2.06 bits per heavy atom. The van der Waals surface area contributed by atoms with Gasteiger partial charge in [-0.05, 0) is 34.0 Å². The Hall–Kier alpha value is -1.43. The first-order valence-electron chi connectivity index (χ1n) is 4.67. The molecule has 0 amide bonds. The van der Waals surface area contributed by atoms with Gasteiger partial charge in [-0.25, -0.2) is 9.18 Å². The van der Waals surface area contributed by atoms with Crippen LogP contribution in [0.3, 0.4) is 0 Å². The Morgan fingerprint density at radius 1 is 1.38 bits per heavy atom. The lowest BCUT2D eigenvalue weighted by Gasteiger charge is -2.05. The fraction of sp³-hybridized carbons (Fsp3) is 0.200. The Bertz CT molecular complexity index is 675. The molecular weight excluding hydrogens is 279 g/mol. The van der Waals surface area contributed by atoms with Crippen molar-refractivity contribution in [1.82, 2.24) is 9.97 Å². The third-order valence-corrected chi connectivity index (χ3v) is 3.23. The van der Waals surface area contributed by atoms with Crippen LogP contribution in [0.15, 0.2) is 20.1 Å². The van der Waals surface area contributed by atoms with Crippen molar-refractivity contribution in [3.8, 4) is 0 Å². The molecule has 0 unspecified atom stereocenters. The van der Waals surface area contributed by atoms with Gasteiger partial charge in [-0.3, -0.25) is 9.78 Å². The van der Waals surface area contributed by atoms with Gasteiger partial charge in [0.05, 0.1) is 15.4 Å². The first kappa shape index (κ1) is 11.1. The molecule has 0 saturated carbocycles. The summed E-state index contributed by atoms with van der Waals surface area (Å²) in [7, 11) is 0. The number of benzene rings is 1. The minimum Gasteiger partial charge on any atom is -0.304 e. The maximum atomic E-state index is 13.8. The van der Waals surface area contributed by atoms with Crippen molar-refractivity contribution in [2.45, 2.75) is 13.3 Å². The van der Waals surface area contributed by atoms with Crippen molar-refractivity contribution in [1.29, 1.82) is 0 Å². The Morgan fingerprint density at radius 3 is 2.69 bits per heavy atom. The van der Waals surface area contributed by atoms with E-state index in [1.807, 2.05) is 6.92 Å². The molecule has 0 aliphatic carbocycles. The van der Waals surface area contributed by atoms with Crippen LogP contribution in [0.2, 0.25) is 0 Å². The quantitative estimate of drug-likeness (QED) is 0.838. The van der Waals surface area contributed by atoms with Crippen molar-refractivity contribution in [3.63, 3.8) is 0 Å². The summed E-state index contributed by atoms with van der Waals surface area (Å²) in [5, 5.41) is 0.150. The zero-order chi connectivity index (χ0) is 11.9. The lowest BCUT2D eigenvalue weighted by molar-refractivity contribution is 0.626. The highest BCUT2D eigenvalue weighted by Gasteiger charge is 2.13. The molecule has 1 aromatic carbocycles. The van der Waals surface area contributed by atoms with Gasteiger partial charge in [-0.2, -0.15) is 0 Å². The SMILES string of the molecule is CCc1cc2c(=O)[nH]c(=O)[nH]c2c(F)c1Br. The number of halogens is 2. The second-order valence-electron chi connectivity index (χ2n) is 3.35. The molecule has 2 rings (SSSR count). The minimum absolute atomic E-state index is 0.0715. The second kappa shape index (κ2) is 3.86. The standard InChI is InChI=1S/C10H8BrFN2O2/c1-2-4-3-5-8(7(12)6(4)11)13-10(16)14-9(5)15/h3H,2H2,1H3,(H2,13,14,15,16). The minimum atomic E-state index is -0.715. The summed E-state index contributed by atoms with van der Waals surface area (Å²) in [6.07, 6.45) is 0.589. The Balaban J connectivity index is 3.04. The fourth-order valence-electron chi connectivity index (χ4n) is 1.55. The smallest absolute Gasteiger partial charge is 0.304 e. The maximum absolute atomic E-state index is 13.8. The van der Waals surface area contributed by atoms with Gasteiger partial charge in [0.25, 0.3) is 5.56 Å². The molecule has 1 aromatic heterocycles. The van der Waals surface area contributed by atoms with Crippen LogP contribution in [0.5, 0.6) is 0 Å². The lowest BCUT2D eigenvalue weighted by atomic mass is 10.1. The topological polar surface area (TPSA) is 65.7 Å². The summed E-state index contributed by atoms with van der Waals surface area (Å²) in [5.41, 5.74) is -0.687. The highest BCUT2D eigenvalue weighted by atomic mass is 79.9. The summed E-state index contributed by atoms with van der Waals surface area (Å²) in [6, 6.07) is 1.57. The van der Waals surface area contributed by atoms with Gasteiger partial charge >= 0.3 is 5.69 Å². The third kappa shape index (κ3) is 1.59. The zero-order valence-corrected chi connectivity index (χ0v) is 9.94. The summed E-state index contributed by atoms with van der Waals surface area (Å²) in [5.74, 6) is -0.613. The van der Waals surface area contributed by atoms with Gasteiger partial charge < -0.3 is 4.98 Å². The van der Waals surface area contributed by atoms with Crippen LogP contribution in [0.25, 0.3) is 10.9 Å². The van der Waals surface area contributed by atoms with E-state index in [1.165, 1.54) is 0 Å². The number of rotatable bonds is 1. The molecule has 0 saturated heterocycles. The van der Waals surface area contributed by atoms with Crippen molar-refractivity contribution in [2.24, 2.45) is 0 Å². The number of nitrogens with one attached hydrogen (secondary N) is 2. The summed E-state index contributed by atoms with van der Waals surface area (Å²) < 4.78 is 14.1. The molecule has 1 heterocycles. The molecule has 4 nitrogen and oxygen atoms in total. The van der Waals surface area contributed by atoms with Gasteiger partial charge in [0, 0.05) is 0 Å². The summed E-state index contributed by atoms with van der Waals surface area (Å²) in [6.45, 7) is 1.85. The molecule has 0 aliphatic rings. The number of hydrogen-bond acceptors (Lipinski definition) is 2. The van der Waals surface area contributed by atoms with Crippen molar-refractivity contribution in [2.75, 3.05) is 0 Å². The molecule has 16 heavy (non-hydrogen) atoms. The van der Waals surface area contributed by atoms with Crippen LogP contribution < -0.4 is 11.2 Å².